The Hall–Kier alpha value is -2.06. The van der Waals surface area contributed by atoms with E-state index in [2.05, 4.69) is 64.9 Å². The summed E-state index contributed by atoms with van der Waals surface area (Å²) in [7, 11) is 0. The van der Waals surface area contributed by atoms with Crippen molar-refractivity contribution in [1.29, 1.82) is 0 Å². The maximum atomic E-state index is 3.54. The fourth-order valence-electron chi connectivity index (χ4n) is 2.67. The van der Waals surface area contributed by atoms with Gasteiger partial charge in [-0.1, -0.05) is 42.5 Å². The topological polar surface area (TPSA) is 27.8 Å². The minimum atomic E-state index is 1.04. The van der Waals surface area contributed by atoms with Crippen LogP contribution >= 0.6 is 0 Å². The van der Waals surface area contributed by atoms with E-state index in [-0.39, 0.29) is 0 Å². The highest BCUT2D eigenvalue weighted by atomic mass is 14.8. The van der Waals surface area contributed by atoms with Crippen molar-refractivity contribution in [2.24, 2.45) is 0 Å². The Morgan fingerprint density at radius 2 is 1.71 bits per heavy atom. The lowest BCUT2D eigenvalue weighted by Crippen LogP contribution is -2.19. The van der Waals surface area contributed by atoms with Gasteiger partial charge in [0.15, 0.2) is 0 Å². The highest BCUT2D eigenvalue weighted by molar-refractivity contribution is 5.79. The maximum Gasteiger partial charge on any atom is 0.0456 e. The highest BCUT2D eigenvalue weighted by Gasteiger charge is 1.97. The molecule has 2 nitrogen and oxygen atoms in total. The van der Waals surface area contributed by atoms with Crippen LogP contribution in [0.25, 0.3) is 10.9 Å². The fourth-order valence-corrected chi connectivity index (χ4v) is 2.67. The molecule has 0 spiro atoms. The molecule has 0 saturated carbocycles. The normalized spacial score (nSPS) is 11.0. The van der Waals surface area contributed by atoms with Gasteiger partial charge < -0.3 is 10.3 Å². The zero-order valence-corrected chi connectivity index (χ0v) is 12.3. The number of hydrogen-bond acceptors (Lipinski definition) is 1. The monoisotopic (exact) mass is 278 g/mol. The number of aryl methyl sites for hydroxylation is 1. The number of aromatic amines is 1. The molecule has 0 aliphatic carbocycles. The first-order chi connectivity index (χ1) is 10.4. The molecular weight excluding hydrogens is 256 g/mol. The molecule has 0 saturated heterocycles. The van der Waals surface area contributed by atoms with Crippen molar-refractivity contribution in [2.75, 3.05) is 13.1 Å². The van der Waals surface area contributed by atoms with Gasteiger partial charge in [-0.25, -0.2) is 0 Å². The summed E-state index contributed by atoms with van der Waals surface area (Å²) in [5.41, 5.74) is 4.05. The summed E-state index contributed by atoms with van der Waals surface area (Å²) in [5.74, 6) is 0. The van der Waals surface area contributed by atoms with E-state index in [1.54, 1.807) is 0 Å². The van der Waals surface area contributed by atoms with Crippen LogP contribution in [0.3, 0.4) is 0 Å². The van der Waals surface area contributed by atoms with Crippen LogP contribution in [0.15, 0.2) is 60.8 Å². The zero-order valence-electron chi connectivity index (χ0n) is 12.3. The van der Waals surface area contributed by atoms with Gasteiger partial charge in [0.1, 0.15) is 0 Å². The van der Waals surface area contributed by atoms with Crippen molar-refractivity contribution in [3.8, 4) is 0 Å². The van der Waals surface area contributed by atoms with Crippen LogP contribution < -0.4 is 5.32 Å². The third-order valence-electron chi connectivity index (χ3n) is 3.87. The molecule has 0 aliphatic heterocycles. The Balaban J connectivity index is 1.36. The van der Waals surface area contributed by atoms with E-state index in [0.29, 0.717) is 0 Å². The number of nitrogens with one attached hydrogen (secondary N) is 2. The lowest BCUT2D eigenvalue weighted by molar-refractivity contribution is 0.648. The molecule has 3 aromatic rings. The van der Waals surface area contributed by atoms with E-state index in [4.69, 9.17) is 0 Å². The van der Waals surface area contributed by atoms with Crippen molar-refractivity contribution < 1.29 is 0 Å². The second-order valence-corrected chi connectivity index (χ2v) is 5.49. The van der Waals surface area contributed by atoms with Crippen LogP contribution in [0.5, 0.6) is 0 Å². The Labute approximate surface area is 126 Å². The number of fused-ring (bicyclic) bond motifs is 1. The Bertz CT molecular complexity index is 670. The first-order valence-corrected chi connectivity index (χ1v) is 7.72. The van der Waals surface area contributed by atoms with Crippen molar-refractivity contribution >= 4 is 10.9 Å². The molecule has 2 heteroatoms. The first kappa shape index (κ1) is 13.9. The third kappa shape index (κ3) is 3.96. The molecule has 0 radical (unpaired) electrons. The minimum Gasteiger partial charge on any atom is -0.361 e. The Kier molecular flexibility index (Phi) is 4.70. The standard InChI is InChI=1S/C19H22N2/c1-2-5-16(6-3-1)7-4-12-20-13-10-17-8-9-18-11-14-21-19(18)15-17/h1-3,5-6,8-9,11,14-15,20-21H,4,7,10,12-13H2. The molecule has 2 aromatic carbocycles. The number of rotatable bonds is 7. The second-order valence-electron chi connectivity index (χ2n) is 5.49. The number of aromatic nitrogens is 1. The van der Waals surface area contributed by atoms with Crippen LogP contribution in [0, 0.1) is 0 Å². The molecule has 0 aliphatic rings. The molecule has 21 heavy (non-hydrogen) atoms. The average Bonchev–Trinajstić information content (AvgIpc) is 2.99. The van der Waals surface area contributed by atoms with Crippen LogP contribution in [0.2, 0.25) is 0 Å². The summed E-state index contributed by atoms with van der Waals surface area (Å²) >= 11 is 0. The lowest BCUT2D eigenvalue weighted by Gasteiger charge is -2.05. The maximum absolute atomic E-state index is 3.54. The smallest absolute Gasteiger partial charge is 0.0456 e. The zero-order chi connectivity index (χ0) is 14.3. The minimum absolute atomic E-state index is 1.04. The van der Waals surface area contributed by atoms with Gasteiger partial charge in [-0.2, -0.15) is 0 Å². The third-order valence-corrected chi connectivity index (χ3v) is 3.87. The lowest BCUT2D eigenvalue weighted by atomic mass is 10.1. The van der Waals surface area contributed by atoms with Gasteiger partial charge in [0, 0.05) is 11.7 Å². The van der Waals surface area contributed by atoms with Crippen molar-refractivity contribution in [1.82, 2.24) is 10.3 Å². The molecule has 1 aromatic heterocycles. The Morgan fingerprint density at radius 3 is 2.62 bits per heavy atom. The highest BCUT2D eigenvalue weighted by Crippen LogP contribution is 2.14. The number of hydrogen-bond donors (Lipinski definition) is 2. The predicted molar refractivity (Wildman–Crippen MR) is 89.6 cm³/mol. The van der Waals surface area contributed by atoms with Gasteiger partial charge in [-0.15, -0.1) is 0 Å². The van der Waals surface area contributed by atoms with Crippen LogP contribution in [0.1, 0.15) is 17.5 Å². The second kappa shape index (κ2) is 7.09. The molecule has 1 heterocycles. The quantitative estimate of drug-likeness (QED) is 0.630. The van der Waals surface area contributed by atoms with Gasteiger partial charge in [-0.3, -0.25) is 0 Å². The molecule has 108 valence electrons. The molecule has 0 fully saturated rings. The van der Waals surface area contributed by atoms with Gasteiger partial charge in [0.25, 0.3) is 0 Å². The molecule has 0 atom stereocenters. The van der Waals surface area contributed by atoms with Gasteiger partial charge in [0.2, 0.25) is 0 Å². The molecular formula is C19H22N2. The van der Waals surface area contributed by atoms with E-state index in [0.717, 1.165) is 25.9 Å². The van der Waals surface area contributed by atoms with Gasteiger partial charge in [0.05, 0.1) is 0 Å². The average molecular weight is 278 g/mol. The summed E-state index contributed by atoms with van der Waals surface area (Å²) in [4.78, 5) is 3.27. The SMILES string of the molecule is c1ccc(CCCNCCc2ccc3cc[nH]c3c2)cc1. The molecule has 0 bridgehead atoms. The largest absolute Gasteiger partial charge is 0.361 e. The fraction of sp³-hybridized carbons (Fsp3) is 0.263. The van der Waals surface area contributed by atoms with E-state index in [9.17, 15) is 0 Å². The summed E-state index contributed by atoms with van der Waals surface area (Å²) in [6.07, 6.45) is 5.43. The van der Waals surface area contributed by atoms with Crippen LogP contribution in [0.4, 0.5) is 0 Å². The first-order valence-electron chi connectivity index (χ1n) is 7.72. The Morgan fingerprint density at radius 1 is 0.810 bits per heavy atom. The number of H-pyrrole nitrogens is 1. The van der Waals surface area contributed by atoms with E-state index < -0.39 is 0 Å². The summed E-state index contributed by atoms with van der Waals surface area (Å²) < 4.78 is 0. The summed E-state index contributed by atoms with van der Waals surface area (Å²) in [6.45, 7) is 2.13. The molecule has 0 amide bonds. The van der Waals surface area contributed by atoms with Gasteiger partial charge >= 0.3 is 0 Å². The molecule has 0 unspecified atom stereocenters. The van der Waals surface area contributed by atoms with E-state index >= 15 is 0 Å². The van der Waals surface area contributed by atoms with Crippen molar-refractivity contribution in [3.63, 3.8) is 0 Å². The predicted octanol–water partition coefficient (Wildman–Crippen LogP) is 3.93. The van der Waals surface area contributed by atoms with Gasteiger partial charge in [-0.05, 0) is 61.0 Å². The van der Waals surface area contributed by atoms with E-state index in [1.807, 2.05) is 6.20 Å². The van der Waals surface area contributed by atoms with Crippen LogP contribution in [-0.4, -0.2) is 18.1 Å². The van der Waals surface area contributed by atoms with E-state index in [1.165, 1.54) is 28.5 Å². The van der Waals surface area contributed by atoms with Crippen LogP contribution in [-0.2, 0) is 12.8 Å². The molecule has 2 N–H and O–H groups in total. The van der Waals surface area contributed by atoms with Crippen molar-refractivity contribution in [3.05, 3.63) is 71.9 Å². The van der Waals surface area contributed by atoms with Crippen molar-refractivity contribution in [2.45, 2.75) is 19.3 Å². The molecule has 3 rings (SSSR count). The summed E-state index contributed by atoms with van der Waals surface area (Å²) in [6, 6.07) is 19.5. The summed E-state index contributed by atoms with van der Waals surface area (Å²) in [5, 5.41) is 4.82. The number of benzene rings is 2.